The van der Waals surface area contributed by atoms with E-state index in [-0.39, 0.29) is 23.3 Å². The van der Waals surface area contributed by atoms with Crippen molar-refractivity contribution in [2.75, 3.05) is 32.4 Å². The van der Waals surface area contributed by atoms with Gasteiger partial charge >= 0.3 is 12.3 Å². The van der Waals surface area contributed by atoms with Gasteiger partial charge in [-0.25, -0.2) is 13.2 Å². The number of carbonyl (C=O) groups is 2. The van der Waals surface area contributed by atoms with Crippen molar-refractivity contribution >= 4 is 32.9 Å². The summed E-state index contributed by atoms with van der Waals surface area (Å²) in [6, 6.07) is 7.49. The molecule has 0 aliphatic carbocycles. The van der Waals surface area contributed by atoms with Crippen molar-refractivity contribution in [1.82, 2.24) is 25.2 Å². The quantitative estimate of drug-likeness (QED) is 0.528. The SMILES string of the molecule is CS(=O)(=O)c1cc(COC(=O)N2CC3CCN(C(=O)c4ccc5n[nH]nc5c4)C[C@@H]3C2)cc(C(F)(F)F)c1. The summed E-state index contributed by atoms with van der Waals surface area (Å²) in [5.74, 6) is 0.0528. The smallest absolute Gasteiger partial charge is 0.416 e. The van der Waals surface area contributed by atoms with Gasteiger partial charge in [0.1, 0.15) is 17.6 Å². The number of halogens is 3. The summed E-state index contributed by atoms with van der Waals surface area (Å²) in [6.07, 6.45) is -3.95. The average molecular weight is 552 g/mol. The highest BCUT2D eigenvalue weighted by Crippen LogP contribution is 2.34. The molecule has 0 bridgehead atoms. The highest BCUT2D eigenvalue weighted by atomic mass is 32.2. The first-order valence-corrected chi connectivity index (χ1v) is 13.7. The van der Waals surface area contributed by atoms with Crippen LogP contribution in [0.1, 0.15) is 27.9 Å². The van der Waals surface area contributed by atoms with Crippen LogP contribution in [-0.2, 0) is 27.4 Å². The van der Waals surface area contributed by atoms with Crippen LogP contribution in [0.3, 0.4) is 0 Å². The third-order valence-electron chi connectivity index (χ3n) is 6.99. The lowest BCUT2D eigenvalue weighted by atomic mass is 9.88. The van der Waals surface area contributed by atoms with Crippen LogP contribution in [0.2, 0.25) is 0 Å². The van der Waals surface area contributed by atoms with Crippen LogP contribution in [0.15, 0.2) is 41.3 Å². The number of H-pyrrole nitrogens is 1. The number of carbonyl (C=O) groups excluding carboxylic acids is 2. The lowest BCUT2D eigenvalue weighted by Gasteiger charge is -2.34. The molecule has 3 aromatic rings. The van der Waals surface area contributed by atoms with E-state index in [0.717, 1.165) is 18.4 Å². The number of sulfone groups is 1. The zero-order chi connectivity index (χ0) is 27.2. The summed E-state index contributed by atoms with van der Waals surface area (Å²) in [4.78, 5) is 28.5. The van der Waals surface area contributed by atoms with Gasteiger partial charge in [0.2, 0.25) is 0 Å². The van der Waals surface area contributed by atoms with Gasteiger partial charge in [-0.1, -0.05) is 0 Å². The third kappa shape index (κ3) is 5.30. The Bertz CT molecular complexity index is 1510. The van der Waals surface area contributed by atoms with Crippen molar-refractivity contribution in [3.8, 4) is 0 Å². The van der Waals surface area contributed by atoms with E-state index in [1.54, 1.807) is 23.1 Å². The molecule has 5 rings (SSSR count). The van der Waals surface area contributed by atoms with Crippen LogP contribution in [-0.4, -0.2) is 78.1 Å². The van der Waals surface area contributed by atoms with Crippen molar-refractivity contribution in [2.24, 2.45) is 11.8 Å². The summed E-state index contributed by atoms with van der Waals surface area (Å²) in [5, 5.41) is 10.5. The number of nitrogens with zero attached hydrogens (tertiary/aromatic N) is 4. The largest absolute Gasteiger partial charge is 0.445 e. The molecule has 0 spiro atoms. The molecule has 3 heterocycles. The number of nitrogens with one attached hydrogen (secondary N) is 1. The number of alkyl halides is 3. The van der Waals surface area contributed by atoms with Crippen molar-refractivity contribution < 1.29 is 35.9 Å². The van der Waals surface area contributed by atoms with E-state index in [1.807, 2.05) is 0 Å². The summed E-state index contributed by atoms with van der Waals surface area (Å²) >= 11 is 0. The summed E-state index contributed by atoms with van der Waals surface area (Å²) < 4.78 is 68.7. The molecule has 202 valence electrons. The maximum atomic E-state index is 13.3. The number of piperidine rings is 1. The predicted molar refractivity (Wildman–Crippen MR) is 128 cm³/mol. The maximum Gasteiger partial charge on any atom is 0.416 e. The molecule has 1 aromatic heterocycles. The Morgan fingerprint density at radius 1 is 1.03 bits per heavy atom. The molecule has 14 heteroatoms. The van der Waals surface area contributed by atoms with Gasteiger partial charge in [-0.3, -0.25) is 4.79 Å². The first-order valence-electron chi connectivity index (χ1n) is 11.8. The number of hydrogen-bond acceptors (Lipinski definition) is 7. The van der Waals surface area contributed by atoms with E-state index < -0.39 is 39.2 Å². The van der Waals surface area contributed by atoms with Crippen molar-refractivity contribution in [3.05, 3.63) is 53.1 Å². The van der Waals surface area contributed by atoms with Crippen molar-refractivity contribution in [1.29, 1.82) is 0 Å². The lowest BCUT2D eigenvalue weighted by molar-refractivity contribution is -0.137. The number of rotatable bonds is 4. The Morgan fingerprint density at radius 3 is 2.47 bits per heavy atom. The number of fused-ring (bicyclic) bond motifs is 2. The summed E-state index contributed by atoms with van der Waals surface area (Å²) in [5.41, 5.74) is 0.527. The Kier molecular flexibility index (Phi) is 6.53. The van der Waals surface area contributed by atoms with Gasteiger partial charge in [0, 0.05) is 38.0 Å². The Labute approximate surface area is 215 Å². The molecule has 1 unspecified atom stereocenters. The molecule has 0 radical (unpaired) electrons. The minimum Gasteiger partial charge on any atom is -0.445 e. The van der Waals surface area contributed by atoms with Crippen LogP contribution in [0, 0.1) is 11.8 Å². The normalized spacial score (nSPS) is 20.0. The van der Waals surface area contributed by atoms with E-state index in [0.29, 0.717) is 55.3 Å². The molecule has 1 N–H and O–H groups in total. The molecule has 2 fully saturated rings. The van der Waals surface area contributed by atoms with E-state index in [2.05, 4.69) is 15.4 Å². The Hall–Kier alpha value is -3.68. The molecule has 2 amide bonds. The van der Waals surface area contributed by atoms with E-state index in [9.17, 15) is 31.2 Å². The number of ether oxygens (including phenoxy) is 1. The number of likely N-dealkylation sites (tertiary alicyclic amines) is 2. The fourth-order valence-corrected chi connectivity index (χ4v) is 5.72. The predicted octanol–water partition coefficient (Wildman–Crippen LogP) is 3.11. The monoisotopic (exact) mass is 551 g/mol. The van der Waals surface area contributed by atoms with Crippen LogP contribution >= 0.6 is 0 Å². The number of hydrogen-bond donors (Lipinski definition) is 1. The Morgan fingerprint density at radius 2 is 1.74 bits per heavy atom. The van der Waals surface area contributed by atoms with Crippen LogP contribution < -0.4 is 0 Å². The first kappa shape index (κ1) is 25.9. The fraction of sp³-hybridized carbons (Fsp3) is 0.417. The number of aromatic amines is 1. The van der Waals surface area contributed by atoms with Crippen LogP contribution in [0.5, 0.6) is 0 Å². The molecule has 2 aliphatic heterocycles. The summed E-state index contributed by atoms with van der Waals surface area (Å²) in [7, 11) is -3.91. The van der Waals surface area contributed by atoms with Gasteiger partial charge in [0.25, 0.3) is 5.91 Å². The first-order chi connectivity index (χ1) is 17.9. The average Bonchev–Trinajstić information content (AvgIpc) is 3.51. The van der Waals surface area contributed by atoms with Gasteiger partial charge < -0.3 is 14.5 Å². The van der Waals surface area contributed by atoms with Gasteiger partial charge in [-0.05, 0) is 60.2 Å². The van der Waals surface area contributed by atoms with Crippen LogP contribution in [0.25, 0.3) is 11.0 Å². The molecule has 2 aliphatic rings. The summed E-state index contributed by atoms with van der Waals surface area (Å²) in [6.45, 7) is 1.22. The van der Waals surface area contributed by atoms with Crippen LogP contribution in [0.4, 0.5) is 18.0 Å². The molecule has 2 atom stereocenters. The molecule has 38 heavy (non-hydrogen) atoms. The molecule has 10 nitrogen and oxygen atoms in total. The number of benzene rings is 2. The second-order valence-electron chi connectivity index (χ2n) is 9.68. The fourth-order valence-electron chi connectivity index (χ4n) is 5.02. The third-order valence-corrected chi connectivity index (χ3v) is 8.09. The van der Waals surface area contributed by atoms with Gasteiger partial charge in [-0.15, -0.1) is 0 Å². The number of aromatic nitrogens is 3. The minimum absolute atomic E-state index is 0.0291. The highest BCUT2D eigenvalue weighted by Gasteiger charge is 2.41. The second kappa shape index (κ2) is 9.57. The second-order valence-corrected chi connectivity index (χ2v) is 11.7. The van der Waals surface area contributed by atoms with Crippen molar-refractivity contribution in [3.63, 3.8) is 0 Å². The standard InChI is InChI=1S/C24H24F3N5O5S/c1-38(35,36)19-7-14(6-18(9-19)24(25,26)27)13-37-23(34)32-10-16-4-5-31(11-17(16)12-32)22(33)15-2-3-20-21(8-15)29-30-28-20/h2-3,6-9,16-17H,4-5,10-13H2,1H3,(H,28,29,30)/t16?,17-/m1/s1. The topological polar surface area (TPSA) is 126 Å². The van der Waals surface area contributed by atoms with Gasteiger partial charge in [0.15, 0.2) is 9.84 Å². The molecule has 2 saturated heterocycles. The zero-order valence-corrected chi connectivity index (χ0v) is 21.1. The van der Waals surface area contributed by atoms with Crippen molar-refractivity contribution in [2.45, 2.75) is 24.1 Å². The molecule has 0 saturated carbocycles. The lowest BCUT2D eigenvalue weighted by Crippen LogP contribution is -2.43. The van der Waals surface area contributed by atoms with E-state index in [1.165, 1.54) is 4.90 Å². The molecule has 2 aromatic carbocycles. The van der Waals surface area contributed by atoms with E-state index >= 15 is 0 Å². The Balaban J connectivity index is 1.21. The number of amides is 2. The molecular weight excluding hydrogens is 527 g/mol. The van der Waals surface area contributed by atoms with Gasteiger partial charge in [-0.2, -0.15) is 28.6 Å². The zero-order valence-electron chi connectivity index (χ0n) is 20.2. The molecular formula is C24H24F3N5O5S. The van der Waals surface area contributed by atoms with Gasteiger partial charge in [0.05, 0.1) is 10.5 Å². The van der Waals surface area contributed by atoms with E-state index in [4.69, 9.17) is 4.74 Å². The maximum absolute atomic E-state index is 13.3. The highest BCUT2D eigenvalue weighted by molar-refractivity contribution is 7.90. The minimum atomic E-state index is -4.76.